The van der Waals surface area contributed by atoms with Gasteiger partial charge in [0.2, 0.25) is 0 Å². The molecule has 0 radical (unpaired) electrons. The lowest BCUT2D eigenvalue weighted by molar-refractivity contribution is 0.507. The first-order chi connectivity index (χ1) is 8.56. The quantitative estimate of drug-likeness (QED) is 0.870. The number of aryl methyl sites for hydroxylation is 1. The molecule has 1 nitrogen and oxygen atoms in total. The van der Waals surface area contributed by atoms with E-state index in [4.69, 9.17) is 0 Å². The van der Waals surface area contributed by atoms with Gasteiger partial charge in [-0.1, -0.05) is 22.0 Å². The highest BCUT2D eigenvalue weighted by atomic mass is 79.9. The summed E-state index contributed by atoms with van der Waals surface area (Å²) in [5.41, 5.74) is 2.77. The molecule has 0 spiro atoms. The van der Waals surface area contributed by atoms with Gasteiger partial charge in [-0.3, -0.25) is 0 Å². The van der Waals surface area contributed by atoms with Gasteiger partial charge in [-0.05, 0) is 48.4 Å². The highest BCUT2D eigenvalue weighted by Crippen LogP contribution is 2.20. The van der Waals surface area contributed by atoms with E-state index in [1.165, 1.54) is 6.07 Å². The summed E-state index contributed by atoms with van der Waals surface area (Å²) in [5, 5.41) is 3.19. The van der Waals surface area contributed by atoms with Crippen LogP contribution in [0.25, 0.3) is 0 Å². The van der Waals surface area contributed by atoms with Gasteiger partial charge in [-0.15, -0.1) is 0 Å². The van der Waals surface area contributed by atoms with Gasteiger partial charge in [-0.25, -0.2) is 8.78 Å². The monoisotopic (exact) mass is 311 g/mol. The second-order valence-corrected chi connectivity index (χ2v) is 4.98. The molecule has 0 aliphatic rings. The highest BCUT2D eigenvalue weighted by Gasteiger charge is 2.03. The molecule has 0 unspecified atom stereocenters. The van der Waals surface area contributed by atoms with Crippen LogP contribution in [0.15, 0.2) is 40.9 Å². The van der Waals surface area contributed by atoms with E-state index in [1.807, 2.05) is 25.1 Å². The first kappa shape index (κ1) is 13.0. The van der Waals surface area contributed by atoms with Crippen LogP contribution < -0.4 is 5.32 Å². The molecule has 94 valence electrons. The Labute approximate surface area is 113 Å². The van der Waals surface area contributed by atoms with Crippen LogP contribution in [0.5, 0.6) is 0 Å². The van der Waals surface area contributed by atoms with E-state index in [0.717, 1.165) is 21.8 Å². The zero-order valence-electron chi connectivity index (χ0n) is 9.81. The number of rotatable bonds is 3. The van der Waals surface area contributed by atoms with Crippen molar-refractivity contribution in [2.24, 2.45) is 0 Å². The summed E-state index contributed by atoms with van der Waals surface area (Å²) in [7, 11) is 0. The van der Waals surface area contributed by atoms with Crippen LogP contribution in [-0.4, -0.2) is 0 Å². The Balaban J connectivity index is 2.09. The zero-order valence-corrected chi connectivity index (χ0v) is 11.4. The van der Waals surface area contributed by atoms with E-state index in [9.17, 15) is 8.78 Å². The van der Waals surface area contributed by atoms with Gasteiger partial charge in [0, 0.05) is 16.7 Å². The number of halogens is 3. The SMILES string of the molecule is Cc1cc(Br)ccc1NCc1ccc(F)c(F)c1. The fraction of sp³-hybridized carbons (Fsp3) is 0.143. The smallest absolute Gasteiger partial charge is 0.159 e. The van der Waals surface area contributed by atoms with Crippen molar-refractivity contribution >= 4 is 21.6 Å². The lowest BCUT2D eigenvalue weighted by Gasteiger charge is -2.10. The highest BCUT2D eigenvalue weighted by molar-refractivity contribution is 9.10. The maximum atomic E-state index is 13.0. The van der Waals surface area contributed by atoms with E-state index < -0.39 is 11.6 Å². The molecule has 0 bridgehead atoms. The Morgan fingerprint density at radius 3 is 2.50 bits per heavy atom. The second-order valence-electron chi connectivity index (χ2n) is 4.06. The summed E-state index contributed by atoms with van der Waals surface area (Å²) in [5.74, 6) is -1.64. The van der Waals surface area contributed by atoms with Crippen LogP contribution in [0.1, 0.15) is 11.1 Å². The Kier molecular flexibility index (Phi) is 3.97. The number of benzene rings is 2. The van der Waals surface area contributed by atoms with Crippen LogP contribution in [0, 0.1) is 18.6 Å². The molecular formula is C14H12BrF2N. The van der Waals surface area contributed by atoms with Crippen molar-refractivity contribution in [3.05, 3.63) is 63.6 Å². The number of hydrogen-bond donors (Lipinski definition) is 1. The number of anilines is 1. The molecule has 0 atom stereocenters. The molecule has 0 aliphatic heterocycles. The van der Waals surface area contributed by atoms with E-state index in [1.54, 1.807) is 6.07 Å². The largest absolute Gasteiger partial charge is 0.381 e. The second kappa shape index (κ2) is 5.48. The van der Waals surface area contributed by atoms with E-state index in [2.05, 4.69) is 21.2 Å². The van der Waals surface area contributed by atoms with Gasteiger partial charge in [0.25, 0.3) is 0 Å². The molecule has 0 aromatic heterocycles. The number of nitrogens with one attached hydrogen (secondary N) is 1. The summed E-state index contributed by atoms with van der Waals surface area (Å²) in [6.45, 7) is 2.44. The molecule has 0 fully saturated rings. The molecule has 1 N–H and O–H groups in total. The van der Waals surface area contributed by atoms with Crippen molar-refractivity contribution in [3.63, 3.8) is 0 Å². The van der Waals surface area contributed by atoms with E-state index in [-0.39, 0.29) is 0 Å². The van der Waals surface area contributed by atoms with Gasteiger partial charge in [-0.2, -0.15) is 0 Å². The molecule has 18 heavy (non-hydrogen) atoms. The normalized spacial score (nSPS) is 10.4. The lowest BCUT2D eigenvalue weighted by Crippen LogP contribution is -2.01. The Morgan fingerprint density at radius 1 is 1.06 bits per heavy atom. The van der Waals surface area contributed by atoms with Gasteiger partial charge in [0.1, 0.15) is 0 Å². The molecule has 0 aliphatic carbocycles. The molecule has 2 aromatic carbocycles. The van der Waals surface area contributed by atoms with Crippen molar-refractivity contribution < 1.29 is 8.78 Å². The van der Waals surface area contributed by atoms with E-state index >= 15 is 0 Å². The fourth-order valence-electron chi connectivity index (χ4n) is 1.67. The Bertz CT molecular complexity index is 570. The summed E-state index contributed by atoms with van der Waals surface area (Å²) < 4.78 is 26.8. The first-order valence-electron chi connectivity index (χ1n) is 5.50. The molecule has 2 aromatic rings. The van der Waals surface area contributed by atoms with Crippen molar-refractivity contribution in [1.29, 1.82) is 0 Å². The molecular weight excluding hydrogens is 300 g/mol. The maximum Gasteiger partial charge on any atom is 0.159 e. The average molecular weight is 312 g/mol. The third-order valence-electron chi connectivity index (χ3n) is 2.66. The van der Waals surface area contributed by atoms with Gasteiger partial charge < -0.3 is 5.32 Å². The fourth-order valence-corrected chi connectivity index (χ4v) is 2.15. The molecule has 0 amide bonds. The van der Waals surface area contributed by atoms with Crippen molar-refractivity contribution in [3.8, 4) is 0 Å². The summed E-state index contributed by atoms with van der Waals surface area (Å²) in [6.07, 6.45) is 0. The van der Waals surface area contributed by atoms with Crippen molar-refractivity contribution in [1.82, 2.24) is 0 Å². The first-order valence-corrected chi connectivity index (χ1v) is 6.29. The Morgan fingerprint density at radius 2 is 1.83 bits per heavy atom. The molecule has 0 heterocycles. The zero-order chi connectivity index (χ0) is 13.1. The standard InChI is InChI=1S/C14H12BrF2N/c1-9-6-11(15)3-5-14(9)18-8-10-2-4-12(16)13(17)7-10/h2-7,18H,8H2,1H3. The van der Waals surface area contributed by atoms with Crippen LogP contribution in [0.2, 0.25) is 0 Å². The van der Waals surface area contributed by atoms with Crippen LogP contribution in [-0.2, 0) is 6.54 Å². The lowest BCUT2D eigenvalue weighted by atomic mass is 10.1. The van der Waals surface area contributed by atoms with Crippen molar-refractivity contribution in [2.75, 3.05) is 5.32 Å². The molecule has 2 rings (SSSR count). The molecule has 0 saturated heterocycles. The summed E-state index contributed by atoms with van der Waals surface area (Å²) in [4.78, 5) is 0. The predicted molar refractivity (Wildman–Crippen MR) is 72.6 cm³/mol. The maximum absolute atomic E-state index is 13.0. The van der Waals surface area contributed by atoms with Gasteiger partial charge in [0.05, 0.1) is 0 Å². The topological polar surface area (TPSA) is 12.0 Å². The minimum atomic E-state index is -0.821. The Hall–Kier alpha value is -1.42. The summed E-state index contributed by atoms with van der Waals surface area (Å²) >= 11 is 3.39. The van der Waals surface area contributed by atoms with E-state index in [0.29, 0.717) is 12.1 Å². The molecule has 4 heteroatoms. The van der Waals surface area contributed by atoms with Gasteiger partial charge in [0.15, 0.2) is 11.6 Å². The van der Waals surface area contributed by atoms with Crippen LogP contribution in [0.4, 0.5) is 14.5 Å². The van der Waals surface area contributed by atoms with Crippen LogP contribution in [0.3, 0.4) is 0 Å². The minimum absolute atomic E-state index is 0.458. The van der Waals surface area contributed by atoms with Crippen LogP contribution >= 0.6 is 15.9 Å². The van der Waals surface area contributed by atoms with Crippen molar-refractivity contribution in [2.45, 2.75) is 13.5 Å². The average Bonchev–Trinajstić information content (AvgIpc) is 2.32. The third-order valence-corrected chi connectivity index (χ3v) is 3.15. The third kappa shape index (κ3) is 3.07. The number of hydrogen-bond acceptors (Lipinski definition) is 1. The minimum Gasteiger partial charge on any atom is -0.381 e. The summed E-state index contributed by atoms with van der Waals surface area (Å²) in [6, 6.07) is 9.78. The van der Waals surface area contributed by atoms with Gasteiger partial charge >= 0.3 is 0 Å². The molecule has 0 saturated carbocycles. The predicted octanol–water partition coefficient (Wildman–Crippen LogP) is 4.65.